The second-order valence-corrected chi connectivity index (χ2v) is 10.4. The molecule has 1 saturated heterocycles. The van der Waals surface area contributed by atoms with E-state index in [2.05, 4.69) is 14.9 Å². The summed E-state index contributed by atoms with van der Waals surface area (Å²) in [6.07, 6.45) is 8.78. The number of anilines is 1. The van der Waals surface area contributed by atoms with Gasteiger partial charge in [-0.15, -0.1) is 0 Å². The van der Waals surface area contributed by atoms with Crippen molar-refractivity contribution in [1.82, 2.24) is 14.5 Å². The van der Waals surface area contributed by atoms with Crippen LogP contribution in [-0.4, -0.2) is 59.9 Å². The molecule has 7 nitrogen and oxygen atoms in total. The van der Waals surface area contributed by atoms with Crippen LogP contribution in [-0.2, 0) is 14.6 Å². The van der Waals surface area contributed by atoms with E-state index in [-0.39, 0.29) is 30.0 Å². The van der Waals surface area contributed by atoms with E-state index < -0.39 is 9.84 Å². The summed E-state index contributed by atoms with van der Waals surface area (Å²) in [5, 5.41) is 2.92. The van der Waals surface area contributed by atoms with Crippen molar-refractivity contribution in [2.75, 3.05) is 30.4 Å². The summed E-state index contributed by atoms with van der Waals surface area (Å²) >= 11 is 0. The molecule has 2 fully saturated rings. The van der Waals surface area contributed by atoms with E-state index in [0.29, 0.717) is 12.5 Å². The number of hydrogen-bond acceptors (Lipinski definition) is 5. The van der Waals surface area contributed by atoms with Gasteiger partial charge in [-0.2, -0.15) is 0 Å². The maximum absolute atomic E-state index is 12.4. The molecule has 1 aliphatic carbocycles. The van der Waals surface area contributed by atoms with Gasteiger partial charge in [-0.3, -0.25) is 9.69 Å². The van der Waals surface area contributed by atoms with Crippen LogP contribution in [0.3, 0.4) is 0 Å². The summed E-state index contributed by atoms with van der Waals surface area (Å²) in [4.78, 5) is 18.8. The molecule has 1 aromatic heterocycles. The molecule has 28 heavy (non-hydrogen) atoms. The number of benzene rings is 1. The molecule has 1 aromatic carbocycles. The highest BCUT2D eigenvalue weighted by atomic mass is 32.2. The van der Waals surface area contributed by atoms with Crippen molar-refractivity contribution in [3.05, 3.63) is 24.5 Å². The first-order valence-electron chi connectivity index (χ1n) is 10.1. The molecule has 8 heteroatoms. The van der Waals surface area contributed by atoms with Gasteiger partial charge in [0.1, 0.15) is 0 Å². The van der Waals surface area contributed by atoms with E-state index in [0.717, 1.165) is 16.7 Å². The minimum absolute atomic E-state index is 0.0792. The smallest absolute Gasteiger partial charge is 0.238 e. The fourth-order valence-electron chi connectivity index (χ4n) is 4.44. The molecule has 1 amide bonds. The zero-order valence-corrected chi connectivity index (χ0v) is 17.1. The fourth-order valence-corrected chi connectivity index (χ4v) is 6.24. The summed E-state index contributed by atoms with van der Waals surface area (Å²) in [7, 11) is -1.14. The van der Waals surface area contributed by atoms with Crippen LogP contribution >= 0.6 is 0 Å². The first-order chi connectivity index (χ1) is 13.4. The van der Waals surface area contributed by atoms with Crippen LogP contribution in [0.25, 0.3) is 11.0 Å². The second kappa shape index (κ2) is 7.83. The first-order valence-corrected chi connectivity index (χ1v) is 11.9. The van der Waals surface area contributed by atoms with Crippen molar-refractivity contribution < 1.29 is 13.2 Å². The Morgan fingerprint density at radius 1 is 1.25 bits per heavy atom. The summed E-state index contributed by atoms with van der Waals surface area (Å²) in [5.41, 5.74) is 2.72. The zero-order chi connectivity index (χ0) is 19.7. The van der Waals surface area contributed by atoms with Gasteiger partial charge in [-0.25, -0.2) is 13.4 Å². The molecular formula is C20H28N4O3S. The van der Waals surface area contributed by atoms with Crippen LogP contribution in [0.4, 0.5) is 5.69 Å². The van der Waals surface area contributed by atoms with Gasteiger partial charge in [0.2, 0.25) is 5.91 Å². The lowest BCUT2D eigenvalue weighted by Gasteiger charge is -2.23. The van der Waals surface area contributed by atoms with Crippen molar-refractivity contribution in [2.24, 2.45) is 0 Å². The van der Waals surface area contributed by atoms with Gasteiger partial charge in [-0.1, -0.05) is 19.3 Å². The number of carbonyl (C=O) groups excluding carboxylic acids is 1. The average Bonchev–Trinajstić information content (AvgIpc) is 3.25. The maximum Gasteiger partial charge on any atom is 0.238 e. The third-order valence-electron chi connectivity index (χ3n) is 6.05. The SMILES string of the molecule is CN(CC(=O)Nc1ccc2c(c1)ncn2C1CCCCC1)C1CCS(=O)(=O)C1. The highest BCUT2D eigenvalue weighted by molar-refractivity contribution is 7.91. The average molecular weight is 405 g/mol. The van der Waals surface area contributed by atoms with Crippen LogP contribution < -0.4 is 5.32 Å². The normalized spacial score (nSPS) is 22.7. The van der Waals surface area contributed by atoms with Crippen LogP contribution in [0.15, 0.2) is 24.5 Å². The van der Waals surface area contributed by atoms with E-state index in [1.54, 1.807) is 7.05 Å². The summed E-state index contributed by atoms with van der Waals surface area (Å²) in [6, 6.07) is 6.30. The Kier molecular flexibility index (Phi) is 5.42. The molecule has 0 spiro atoms. The van der Waals surface area contributed by atoms with Crippen LogP contribution in [0, 0.1) is 0 Å². The molecule has 0 radical (unpaired) electrons. The Bertz CT molecular complexity index is 963. The molecule has 2 aliphatic rings. The number of nitrogens with one attached hydrogen (secondary N) is 1. The molecular weight excluding hydrogens is 376 g/mol. The van der Waals surface area contributed by atoms with Crippen molar-refractivity contribution in [2.45, 2.75) is 50.6 Å². The van der Waals surface area contributed by atoms with Crippen molar-refractivity contribution in [3.8, 4) is 0 Å². The molecule has 152 valence electrons. The summed E-state index contributed by atoms with van der Waals surface area (Å²) in [5.74, 6) is 0.212. The number of sulfone groups is 1. The second-order valence-electron chi connectivity index (χ2n) is 8.17. The Morgan fingerprint density at radius 3 is 2.75 bits per heavy atom. The summed E-state index contributed by atoms with van der Waals surface area (Å²) in [6.45, 7) is 0.175. The lowest BCUT2D eigenvalue weighted by atomic mass is 9.95. The number of nitrogens with zero attached hydrogens (tertiary/aromatic N) is 3. The van der Waals surface area contributed by atoms with E-state index in [1.165, 1.54) is 32.1 Å². The van der Waals surface area contributed by atoms with Crippen LogP contribution in [0.5, 0.6) is 0 Å². The monoisotopic (exact) mass is 404 g/mol. The zero-order valence-electron chi connectivity index (χ0n) is 16.3. The van der Waals surface area contributed by atoms with Gasteiger partial charge in [0.05, 0.1) is 35.4 Å². The van der Waals surface area contributed by atoms with Crippen molar-refractivity contribution in [1.29, 1.82) is 0 Å². The Hall–Kier alpha value is -1.93. The molecule has 2 aromatic rings. The molecule has 1 saturated carbocycles. The molecule has 0 bridgehead atoms. The molecule has 2 heterocycles. The van der Waals surface area contributed by atoms with Gasteiger partial charge < -0.3 is 9.88 Å². The fraction of sp³-hybridized carbons (Fsp3) is 0.600. The predicted octanol–water partition coefficient (Wildman–Crippen LogP) is 2.60. The van der Waals surface area contributed by atoms with Gasteiger partial charge in [0.15, 0.2) is 9.84 Å². The first kappa shape index (κ1) is 19.4. The van der Waals surface area contributed by atoms with E-state index in [9.17, 15) is 13.2 Å². The standard InChI is InChI=1S/C20H28N4O3S/c1-23(17-9-10-28(26,27)13-17)12-20(25)22-15-7-8-19-18(11-15)21-14-24(19)16-5-3-2-4-6-16/h7-8,11,14,16-17H,2-6,9-10,12-13H2,1H3,(H,22,25). The van der Waals surface area contributed by atoms with Gasteiger partial charge in [-0.05, 0) is 44.5 Å². The minimum Gasteiger partial charge on any atom is -0.327 e. The number of aromatic nitrogens is 2. The van der Waals surface area contributed by atoms with E-state index in [4.69, 9.17) is 0 Å². The quantitative estimate of drug-likeness (QED) is 0.828. The van der Waals surface area contributed by atoms with Crippen LogP contribution in [0.1, 0.15) is 44.6 Å². The molecule has 1 atom stereocenters. The van der Waals surface area contributed by atoms with Gasteiger partial charge in [0, 0.05) is 17.8 Å². The third-order valence-corrected chi connectivity index (χ3v) is 7.80. The summed E-state index contributed by atoms with van der Waals surface area (Å²) < 4.78 is 25.5. The topological polar surface area (TPSA) is 84.3 Å². The van der Waals surface area contributed by atoms with E-state index in [1.807, 2.05) is 29.4 Å². The minimum atomic E-state index is -2.95. The number of amides is 1. The van der Waals surface area contributed by atoms with Gasteiger partial charge >= 0.3 is 0 Å². The Labute approximate surface area is 166 Å². The molecule has 1 aliphatic heterocycles. The number of imidazole rings is 1. The number of rotatable bonds is 5. The van der Waals surface area contributed by atoms with E-state index >= 15 is 0 Å². The molecule has 4 rings (SSSR count). The highest BCUT2D eigenvalue weighted by Crippen LogP contribution is 2.31. The highest BCUT2D eigenvalue weighted by Gasteiger charge is 2.31. The third kappa shape index (κ3) is 4.22. The van der Waals surface area contributed by atoms with Crippen molar-refractivity contribution in [3.63, 3.8) is 0 Å². The van der Waals surface area contributed by atoms with Crippen LogP contribution in [0.2, 0.25) is 0 Å². The van der Waals surface area contributed by atoms with Crippen molar-refractivity contribution >= 4 is 32.5 Å². The lowest BCUT2D eigenvalue weighted by Crippen LogP contribution is -2.38. The Morgan fingerprint density at radius 2 is 2.04 bits per heavy atom. The number of likely N-dealkylation sites (N-methyl/N-ethyl adjacent to an activating group) is 1. The Balaban J connectivity index is 1.40. The number of carbonyl (C=O) groups is 1. The maximum atomic E-state index is 12.4. The molecule has 1 unspecified atom stereocenters. The predicted molar refractivity (Wildman–Crippen MR) is 110 cm³/mol. The molecule has 1 N–H and O–H groups in total. The number of fused-ring (bicyclic) bond motifs is 1. The largest absolute Gasteiger partial charge is 0.327 e. The van der Waals surface area contributed by atoms with Gasteiger partial charge in [0.25, 0.3) is 0 Å². The number of hydrogen-bond donors (Lipinski definition) is 1. The lowest BCUT2D eigenvalue weighted by molar-refractivity contribution is -0.117.